The van der Waals surface area contributed by atoms with Crippen LogP contribution >= 0.6 is 0 Å². The van der Waals surface area contributed by atoms with Gasteiger partial charge in [-0.05, 0) is 64.7 Å². The summed E-state index contributed by atoms with van der Waals surface area (Å²) in [7, 11) is 3.21. The smallest absolute Gasteiger partial charge is 0.316 e. The quantitative estimate of drug-likeness (QED) is 0.261. The molecule has 0 aromatic rings. The van der Waals surface area contributed by atoms with E-state index in [-0.39, 0.29) is 43.9 Å². The van der Waals surface area contributed by atoms with Gasteiger partial charge in [0.1, 0.15) is 48.6 Å². The summed E-state index contributed by atoms with van der Waals surface area (Å²) in [5.41, 5.74) is 0.0903. The summed E-state index contributed by atoms with van der Waals surface area (Å²) in [5, 5.41) is 34.0. The number of aliphatic hydroxyl groups is 3. The van der Waals surface area contributed by atoms with Gasteiger partial charge in [0.15, 0.2) is 18.4 Å². The molecule has 6 aliphatic heterocycles. The molecule has 5 saturated heterocycles. The molecule has 6 heterocycles. The molecule has 0 aromatic carbocycles. The van der Waals surface area contributed by atoms with Gasteiger partial charge in [-0.1, -0.05) is 37.3 Å². The second-order valence-electron chi connectivity index (χ2n) is 17.7. The Hall–Kier alpha value is -2.09. The van der Waals surface area contributed by atoms with Crippen molar-refractivity contribution in [2.45, 2.75) is 184 Å². The fraction of sp³-hybridized carbons (Fsp3) is 0.795. The minimum absolute atomic E-state index is 0.0252. The molecule has 5 fully saturated rings. The van der Waals surface area contributed by atoms with E-state index in [2.05, 4.69) is 6.08 Å². The fourth-order valence-corrected chi connectivity index (χ4v) is 9.81. The van der Waals surface area contributed by atoms with Crippen LogP contribution in [-0.2, 0) is 56.9 Å². The first-order valence-corrected chi connectivity index (χ1v) is 21.3. The number of methoxy groups -OCH3 is 2. The zero-order valence-corrected chi connectivity index (χ0v) is 35.9. The Labute approximate surface area is 347 Å². The maximum Gasteiger partial charge on any atom is 0.316 e. The van der Waals surface area contributed by atoms with E-state index in [0.29, 0.717) is 36.8 Å². The van der Waals surface area contributed by atoms with Gasteiger partial charge in [-0.3, -0.25) is 4.79 Å². The molecule has 0 radical (unpaired) electrons. The van der Waals surface area contributed by atoms with Crippen LogP contribution in [0.15, 0.2) is 47.1 Å². The molecule has 0 unspecified atom stereocenters. The van der Waals surface area contributed by atoms with E-state index in [1.807, 2.05) is 46.8 Å². The summed E-state index contributed by atoms with van der Waals surface area (Å²) in [6.07, 6.45) is 2.91. The predicted molar refractivity (Wildman–Crippen MR) is 211 cm³/mol. The topological polar surface area (TPSA) is 179 Å². The molecule has 59 heavy (non-hydrogen) atoms. The van der Waals surface area contributed by atoms with Crippen molar-refractivity contribution in [1.29, 1.82) is 0 Å². The average Bonchev–Trinajstić information content (AvgIpc) is 3.53. The lowest BCUT2D eigenvalue weighted by atomic mass is 9.71. The second-order valence-corrected chi connectivity index (χ2v) is 17.7. The van der Waals surface area contributed by atoms with Crippen molar-refractivity contribution in [2.75, 3.05) is 27.4 Å². The van der Waals surface area contributed by atoms with Crippen molar-refractivity contribution in [1.82, 2.24) is 0 Å². The van der Waals surface area contributed by atoms with E-state index >= 15 is 0 Å². The zero-order valence-electron chi connectivity index (χ0n) is 35.9. The lowest BCUT2D eigenvalue weighted by Gasteiger charge is -2.49. The molecule has 15 nitrogen and oxygen atoms in total. The molecule has 2 bridgehead atoms. The number of fused-ring (bicyclic) bond motifs is 2. The Morgan fingerprint density at radius 3 is 2.25 bits per heavy atom. The first-order chi connectivity index (χ1) is 28.0. The SMILES string of the molecule is CO[C@H]1C[C@H](O[C@H]2[C@H](C)O[C@@H](O[C@@H]3/C(C)=C/C[C@@H]4C[C@@H](C[C@]5(CO[C@H](C)[C@@H](C)O5)O4)OC(=O)[C@@H]4C=C(C)[C@@H](O)[C@H]5OC/C(=C\C=C\[C@@H]3C)[C@]54O)C[C@@H]2OC)O[C@@H](C)[C@@H]1O. The Balaban J connectivity index is 1.16. The molecule has 3 N–H and O–H groups in total. The fourth-order valence-electron chi connectivity index (χ4n) is 9.81. The number of esters is 1. The van der Waals surface area contributed by atoms with Gasteiger partial charge in [0.25, 0.3) is 0 Å². The van der Waals surface area contributed by atoms with E-state index < -0.39 is 96.9 Å². The van der Waals surface area contributed by atoms with E-state index in [9.17, 15) is 20.1 Å². The molecule has 332 valence electrons. The lowest BCUT2D eigenvalue weighted by molar-refractivity contribution is -0.364. The predicted octanol–water partition coefficient (Wildman–Crippen LogP) is 3.56. The monoisotopic (exact) mass is 834 g/mol. The highest BCUT2D eigenvalue weighted by molar-refractivity contribution is 5.78. The highest BCUT2D eigenvalue weighted by atomic mass is 16.8. The Morgan fingerprint density at radius 2 is 1.53 bits per heavy atom. The molecule has 19 atom stereocenters. The maximum absolute atomic E-state index is 14.2. The Morgan fingerprint density at radius 1 is 0.814 bits per heavy atom. The third-order valence-corrected chi connectivity index (χ3v) is 13.5. The lowest BCUT2D eigenvalue weighted by Crippen LogP contribution is -2.59. The van der Waals surface area contributed by atoms with Crippen LogP contribution in [0.25, 0.3) is 0 Å². The van der Waals surface area contributed by atoms with Crippen molar-refractivity contribution < 1.29 is 72.2 Å². The summed E-state index contributed by atoms with van der Waals surface area (Å²) >= 11 is 0. The van der Waals surface area contributed by atoms with Crippen LogP contribution in [0.4, 0.5) is 0 Å². The van der Waals surface area contributed by atoms with Gasteiger partial charge < -0.3 is 67.4 Å². The zero-order chi connectivity index (χ0) is 42.4. The molecule has 0 saturated carbocycles. The van der Waals surface area contributed by atoms with E-state index in [1.54, 1.807) is 40.2 Å². The van der Waals surface area contributed by atoms with Crippen LogP contribution in [0, 0.1) is 11.8 Å². The second kappa shape index (κ2) is 18.3. The van der Waals surface area contributed by atoms with Crippen LogP contribution in [0.5, 0.6) is 0 Å². The van der Waals surface area contributed by atoms with Gasteiger partial charge in [0.05, 0.1) is 55.4 Å². The van der Waals surface area contributed by atoms with Crippen molar-refractivity contribution >= 4 is 5.97 Å². The summed E-state index contributed by atoms with van der Waals surface area (Å²) < 4.78 is 68.9. The van der Waals surface area contributed by atoms with Crippen molar-refractivity contribution in [3.63, 3.8) is 0 Å². The van der Waals surface area contributed by atoms with E-state index in [0.717, 1.165) is 5.57 Å². The molecular weight excluding hydrogens is 768 g/mol. The number of ether oxygens (including phenoxy) is 11. The minimum atomic E-state index is -1.84. The number of carbonyl (C=O) groups excluding carboxylic acids is 1. The van der Waals surface area contributed by atoms with Crippen molar-refractivity contribution in [3.05, 3.63) is 47.1 Å². The first kappa shape index (κ1) is 44.9. The summed E-state index contributed by atoms with van der Waals surface area (Å²) in [6, 6.07) is 0. The Kier molecular flexibility index (Phi) is 14.0. The van der Waals surface area contributed by atoms with Gasteiger partial charge in [0.2, 0.25) is 0 Å². The van der Waals surface area contributed by atoms with Crippen molar-refractivity contribution in [2.24, 2.45) is 11.8 Å². The summed E-state index contributed by atoms with van der Waals surface area (Å²) in [4.78, 5) is 14.2. The molecular formula is C44H66O15. The van der Waals surface area contributed by atoms with Crippen LogP contribution in [0.1, 0.15) is 80.6 Å². The third-order valence-electron chi connectivity index (χ3n) is 13.5. The molecule has 1 spiro atoms. The molecule has 15 heteroatoms. The average molecular weight is 835 g/mol. The number of hydrogen-bond acceptors (Lipinski definition) is 15. The third kappa shape index (κ3) is 9.20. The number of allylic oxidation sites excluding steroid dienone is 2. The summed E-state index contributed by atoms with van der Waals surface area (Å²) in [5.74, 6) is -3.06. The highest BCUT2D eigenvalue weighted by Gasteiger charge is 2.60. The van der Waals surface area contributed by atoms with E-state index in [4.69, 9.17) is 52.1 Å². The molecule has 0 amide bonds. The van der Waals surface area contributed by atoms with Gasteiger partial charge >= 0.3 is 5.97 Å². The van der Waals surface area contributed by atoms with Gasteiger partial charge in [0, 0.05) is 45.8 Å². The van der Waals surface area contributed by atoms with Crippen LogP contribution in [0.3, 0.4) is 0 Å². The molecule has 0 aromatic heterocycles. The molecule has 1 aliphatic carbocycles. The van der Waals surface area contributed by atoms with Crippen LogP contribution in [0.2, 0.25) is 0 Å². The van der Waals surface area contributed by atoms with Crippen LogP contribution < -0.4 is 0 Å². The standard InChI is InChI=1S/C44H66O15/c1-22-11-10-12-29-20-51-41-37(45)24(3)15-32(44(29,41)48)42(47)55-31-16-30(59-43(19-31)21-52-25(4)26(5)58-43)14-13-23(2)39(22)56-36-18-34(50-9)40(28(7)54-36)57-35-17-33(49-8)38(46)27(6)53-35/h10-13,15,22,25-28,30-41,45-46,48H,14,16-21H2,1-9H3/b11-10+,23-13+,29-12+/t22-,25+,26+,27-,28-,30+,31-,32-,33-,34-,35-,36-,37+,38-,39-,40-,41+,43+,44+/m0/s1. The van der Waals surface area contributed by atoms with Gasteiger partial charge in [-0.25, -0.2) is 0 Å². The highest BCUT2D eigenvalue weighted by Crippen LogP contribution is 2.46. The molecule has 7 rings (SSSR count). The number of rotatable bonds is 6. The maximum atomic E-state index is 14.2. The summed E-state index contributed by atoms with van der Waals surface area (Å²) in [6.45, 7) is 13.6. The van der Waals surface area contributed by atoms with E-state index in [1.165, 1.54) is 0 Å². The first-order valence-electron chi connectivity index (χ1n) is 21.3. The number of carbonyl (C=O) groups is 1. The number of hydrogen-bond donors (Lipinski definition) is 3. The van der Waals surface area contributed by atoms with Crippen molar-refractivity contribution in [3.8, 4) is 0 Å². The minimum Gasteiger partial charge on any atom is -0.462 e. The molecule has 7 aliphatic rings. The normalized spacial score (nSPS) is 50.7. The van der Waals surface area contributed by atoms with Gasteiger partial charge in [-0.15, -0.1) is 0 Å². The van der Waals surface area contributed by atoms with Gasteiger partial charge in [-0.2, -0.15) is 0 Å². The Bertz CT molecular complexity index is 1610. The largest absolute Gasteiger partial charge is 0.462 e. The van der Waals surface area contributed by atoms with Crippen LogP contribution in [-0.4, -0.2) is 152 Å². The number of aliphatic hydroxyl groups excluding tert-OH is 2.